The highest BCUT2D eigenvalue weighted by molar-refractivity contribution is 7.91. The molecule has 2 N–H and O–H groups in total. The molecule has 3 aromatic rings. The first kappa shape index (κ1) is 24.6. The molecule has 0 aromatic carbocycles. The summed E-state index contributed by atoms with van der Waals surface area (Å²) in [5.41, 5.74) is 6.16. The fourth-order valence-corrected chi connectivity index (χ4v) is 6.94. The van der Waals surface area contributed by atoms with E-state index in [1.807, 2.05) is 4.90 Å². The van der Waals surface area contributed by atoms with Crippen LogP contribution in [0.4, 0.5) is 11.9 Å². The van der Waals surface area contributed by atoms with Gasteiger partial charge in [-0.25, -0.2) is 8.42 Å². The molecular weight excluding hydrogens is 514 g/mol. The molecule has 14 nitrogen and oxygen atoms in total. The molecular formula is C23H29N9O5S. The van der Waals surface area contributed by atoms with E-state index in [-0.39, 0.29) is 41.0 Å². The maximum Gasteiger partial charge on any atom is 0.259 e. The summed E-state index contributed by atoms with van der Waals surface area (Å²) in [5.74, 6) is 1.36. The highest BCUT2D eigenvalue weighted by Crippen LogP contribution is 2.27. The average Bonchev–Trinajstić information content (AvgIpc) is 3.68. The first-order chi connectivity index (χ1) is 18.3. The fourth-order valence-electron chi connectivity index (χ4n) is 5.45. The van der Waals surface area contributed by atoms with Gasteiger partial charge in [0.05, 0.1) is 17.8 Å². The van der Waals surface area contributed by atoms with Gasteiger partial charge in [0.1, 0.15) is 15.9 Å². The van der Waals surface area contributed by atoms with Gasteiger partial charge in [0.2, 0.25) is 29.5 Å². The number of fused-ring (bicyclic) bond motifs is 1. The number of carbonyl (C=O) groups excluding carboxylic acids is 2. The van der Waals surface area contributed by atoms with Crippen LogP contribution in [0.1, 0.15) is 25.7 Å². The second-order valence-electron chi connectivity index (χ2n) is 9.93. The molecule has 3 aliphatic heterocycles. The molecule has 0 aliphatic carbocycles. The number of aromatic nitrogens is 5. The first-order valence-corrected chi connectivity index (χ1v) is 14.6. The monoisotopic (exact) mass is 543 g/mol. The minimum atomic E-state index is -3.02. The van der Waals surface area contributed by atoms with Crippen molar-refractivity contribution in [2.45, 2.75) is 31.7 Å². The standard InChI is InChI=1S/C23H29N9O5S/c24-21-26-22(27-23-25-18(28-32(21)23)17-4-2-12-37-17)31-7-1-3-16(31)20(34)30-10-8-29(9-11-30)19(33)15-5-13-38(35,36)14-6-15/h2,4,12,15-16H,1,3,5-11,13-14H2,(H2,24,25,26,27,28)/t16-/m0/s1. The van der Waals surface area contributed by atoms with E-state index < -0.39 is 15.9 Å². The van der Waals surface area contributed by atoms with Crippen molar-refractivity contribution in [2.75, 3.05) is 54.9 Å². The maximum atomic E-state index is 13.5. The van der Waals surface area contributed by atoms with Crippen LogP contribution in [-0.2, 0) is 19.4 Å². The van der Waals surface area contributed by atoms with Crippen molar-refractivity contribution in [3.05, 3.63) is 18.4 Å². The number of furan rings is 1. The number of hydrogen-bond acceptors (Lipinski definition) is 11. The third kappa shape index (κ3) is 4.54. The van der Waals surface area contributed by atoms with Crippen LogP contribution in [0, 0.1) is 5.92 Å². The van der Waals surface area contributed by atoms with Gasteiger partial charge >= 0.3 is 0 Å². The maximum absolute atomic E-state index is 13.5. The third-order valence-electron chi connectivity index (χ3n) is 7.56. The van der Waals surface area contributed by atoms with Crippen molar-refractivity contribution in [1.82, 2.24) is 34.4 Å². The molecule has 3 fully saturated rings. The van der Waals surface area contributed by atoms with Crippen LogP contribution in [0.15, 0.2) is 22.8 Å². The molecule has 6 rings (SSSR count). The van der Waals surface area contributed by atoms with Crippen molar-refractivity contribution in [2.24, 2.45) is 5.92 Å². The van der Waals surface area contributed by atoms with Gasteiger partial charge in [-0.05, 0) is 37.8 Å². The molecule has 202 valence electrons. The smallest absolute Gasteiger partial charge is 0.259 e. The molecule has 1 atom stereocenters. The number of nitrogens with two attached hydrogens (primary N) is 1. The Bertz CT molecular complexity index is 1450. The Morgan fingerprint density at radius 2 is 1.66 bits per heavy atom. The van der Waals surface area contributed by atoms with Crippen molar-refractivity contribution in [3.63, 3.8) is 0 Å². The van der Waals surface area contributed by atoms with Gasteiger partial charge in [-0.3, -0.25) is 9.59 Å². The SMILES string of the molecule is Nc1nc(N2CCC[C@H]2C(=O)N2CCN(C(=O)C3CCS(=O)(=O)CC3)CC2)nc2nc(-c3ccco3)nn12. The van der Waals surface area contributed by atoms with Crippen LogP contribution in [0.25, 0.3) is 17.4 Å². The molecule has 0 spiro atoms. The van der Waals surface area contributed by atoms with Gasteiger partial charge in [0.15, 0.2) is 5.76 Å². The van der Waals surface area contributed by atoms with Crippen LogP contribution in [0.3, 0.4) is 0 Å². The number of sulfone groups is 1. The molecule has 38 heavy (non-hydrogen) atoms. The van der Waals surface area contributed by atoms with Crippen molar-refractivity contribution >= 4 is 39.3 Å². The van der Waals surface area contributed by atoms with E-state index in [2.05, 4.69) is 20.1 Å². The predicted molar refractivity (Wildman–Crippen MR) is 136 cm³/mol. The lowest BCUT2D eigenvalue weighted by molar-refractivity contribution is -0.142. The van der Waals surface area contributed by atoms with Crippen LogP contribution in [0.5, 0.6) is 0 Å². The van der Waals surface area contributed by atoms with Crippen LogP contribution >= 0.6 is 0 Å². The minimum absolute atomic E-state index is 0.00565. The Morgan fingerprint density at radius 1 is 0.947 bits per heavy atom. The van der Waals surface area contributed by atoms with Gasteiger partial charge in [0, 0.05) is 38.6 Å². The van der Waals surface area contributed by atoms with E-state index in [0.717, 1.165) is 6.42 Å². The summed E-state index contributed by atoms with van der Waals surface area (Å²) in [7, 11) is -3.02. The molecule has 2 amide bonds. The quantitative estimate of drug-likeness (QED) is 0.463. The minimum Gasteiger partial charge on any atom is -0.461 e. The van der Waals surface area contributed by atoms with Crippen molar-refractivity contribution < 1.29 is 22.4 Å². The summed E-state index contributed by atoms with van der Waals surface area (Å²) in [6.45, 7) is 2.34. The number of anilines is 2. The zero-order chi connectivity index (χ0) is 26.4. The number of carbonyl (C=O) groups is 2. The number of nitrogen functional groups attached to an aromatic ring is 1. The van der Waals surface area contributed by atoms with Gasteiger partial charge in [0.25, 0.3) is 5.78 Å². The Hall–Kier alpha value is -3.75. The number of piperazine rings is 1. The lowest BCUT2D eigenvalue weighted by Crippen LogP contribution is -2.56. The molecule has 6 heterocycles. The summed E-state index contributed by atoms with van der Waals surface area (Å²) < 4.78 is 30.1. The van der Waals surface area contributed by atoms with Gasteiger partial charge in [-0.2, -0.15) is 19.5 Å². The molecule has 3 aliphatic rings. The van der Waals surface area contributed by atoms with E-state index in [9.17, 15) is 18.0 Å². The molecule has 3 aromatic heterocycles. The zero-order valence-electron chi connectivity index (χ0n) is 20.8. The van der Waals surface area contributed by atoms with E-state index in [4.69, 9.17) is 10.2 Å². The Morgan fingerprint density at radius 3 is 2.34 bits per heavy atom. The van der Waals surface area contributed by atoms with Gasteiger partial charge in [-0.1, -0.05) is 0 Å². The molecule has 0 radical (unpaired) electrons. The van der Waals surface area contributed by atoms with Crippen molar-refractivity contribution in [3.8, 4) is 11.6 Å². The summed E-state index contributed by atoms with van der Waals surface area (Å²) in [5, 5.41) is 4.32. The van der Waals surface area contributed by atoms with E-state index >= 15 is 0 Å². The molecule has 3 saturated heterocycles. The second kappa shape index (κ2) is 9.53. The summed E-state index contributed by atoms with van der Waals surface area (Å²) >= 11 is 0. The topological polar surface area (TPSA) is 173 Å². The summed E-state index contributed by atoms with van der Waals surface area (Å²) in [6.07, 6.45) is 3.74. The van der Waals surface area contributed by atoms with E-state index in [1.54, 1.807) is 21.9 Å². The Balaban J connectivity index is 1.12. The van der Waals surface area contributed by atoms with Crippen LogP contribution in [0.2, 0.25) is 0 Å². The number of amides is 2. The second-order valence-corrected chi connectivity index (χ2v) is 12.2. The Kier molecular flexibility index (Phi) is 6.16. The summed E-state index contributed by atoms with van der Waals surface area (Å²) in [6, 6.07) is 3.04. The average molecular weight is 544 g/mol. The van der Waals surface area contributed by atoms with Gasteiger partial charge < -0.3 is 24.9 Å². The largest absolute Gasteiger partial charge is 0.461 e. The first-order valence-electron chi connectivity index (χ1n) is 12.8. The fraction of sp³-hybridized carbons (Fsp3) is 0.565. The number of rotatable bonds is 4. The number of nitrogens with zero attached hydrogens (tertiary/aromatic N) is 8. The highest BCUT2D eigenvalue weighted by Gasteiger charge is 2.38. The van der Waals surface area contributed by atoms with Crippen molar-refractivity contribution in [1.29, 1.82) is 0 Å². The number of hydrogen-bond donors (Lipinski definition) is 1. The molecule has 0 unspecified atom stereocenters. The Labute approximate surface area is 218 Å². The molecule has 0 bridgehead atoms. The van der Waals surface area contributed by atoms with Gasteiger partial charge in [-0.15, -0.1) is 5.10 Å². The highest BCUT2D eigenvalue weighted by atomic mass is 32.2. The summed E-state index contributed by atoms with van der Waals surface area (Å²) in [4.78, 5) is 45.2. The van der Waals surface area contributed by atoms with Crippen LogP contribution < -0.4 is 10.6 Å². The zero-order valence-corrected chi connectivity index (χ0v) is 21.6. The third-order valence-corrected chi connectivity index (χ3v) is 9.28. The van der Waals surface area contributed by atoms with E-state index in [0.29, 0.717) is 69.5 Å². The van der Waals surface area contributed by atoms with E-state index in [1.165, 1.54) is 10.8 Å². The van der Waals surface area contributed by atoms with Crippen LogP contribution in [-0.4, -0.2) is 105 Å². The normalized spacial score (nSPS) is 22.3. The molecule has 0 saturated carbocycles. The lowest BCUT2D eigenvalue weighted by Gasteiger charge is -2.38. The lowest BCUT2D eigenvalue weighted by atomic mass is 10.0. The molecule has 15 heteroatoms. The predicted octanol–water partition coefficient (Wildman–Crippen LogP) is -0.174.